The van der Waals surface area contributed by atoms with Gasteiger partial charge in [0.25, 0.3) is 5.56 Å². The molecule has 7 nitrogen and oxygen atoms in total. The van der Waals surface area contributed by atoms with Crippen LogP contribution in [0.3, 0.4) is 0 Å². The predicted octanol–water partition coefficient (Wildman–Crippen LogP) is 1.10. The minimum absolute atomic E-state index is 0.0401. The first-order chi connectivity index (χ1) is 14.5. The normalized spacial score (nSPS) is 24.4. The quantitative estimate of drug-likeness (QED) is 0.822. The maximum Gasteiger partial charge on any atom is 0.255 e. The van der Waals surface area contributed by atoms with Crippen molar-refractivity contribution in [2.45, 2.75) is 38.9 Å². The summed E-state index contributed by atoms with van der Waals surface area (Å²) in [5.74, 6) is 0.953. The first-order valence-electron chi connectivity index (χ1n) is 10.9. The van der Waals surface area contributed by atoms with Gasteiger partial charge in [0.2, 0.25) is 5.91 Å². The largest absolute Gasteiger partial charge is 0.354 e. The van der Waals surface area contributed by atoms with Crippen molar-refractivity contribution in [1.29, 1.82) is 0 Å². The Morgan fingerprint density at radius 1 is 1.10 bits per heavy atom. The number of nitrogens with one attached hydrogen (secondary N) is 1. The molecule has 0 radical (unpaired) electrons. The van der Waals surface area contributed by atoms with Crippen LogP contribution in [-0.2, 0) is 24.4 Å². The van der Waals surface area contributed by atoms with Crippen LogP contribution in [0.5, 0.6) is 0 Å². The van der Waals surface area contributed by atoms with Gasteiger partial charge in [-0.3, -0.25) is 24.4 Å². The summed E-state index contributed by atoms with van der Waals surface area (Å²) in [6.45, 7) is 8.16. The molecule has 2 saturated heterocycles. The molecule has 1 N–H and O–H groups in total. The van der Waals surface area contributed by atoms with Crippen LogP contribution in [0, 0.1) is 12.8 Å². The Balaban J connectivity index is 1.33. The molecule has 2 atom stereocenters. The molecule has 158 valence electrons. The standard InChI is InChI=1S/C23H29N5O2/c1-16-8-17(4-5-24-16)10-27-11-18-9-20(14-27)21-3-2-19(23(30)28(21)12-18)13-26-7-6-25-22(29)15-26/h2-5,8,18,20H,6-7,9-15H2,1H3,(H,25,29)/t18-,20+/m0/s1. The fraction of sp³-hybridized carbons (Fsp3) is 0.522. The maximum absolute atomic E-state index is 13.2. The summed E-state index contributed by atoms with van der Waals surface area (Å²) in [5, 5.41) is 2.84. The number of carbonyl (C=O) groups excluding carboxylic acids is 1. The van der Waals surface area contributed by atoms with E-state index in [4.69, 9.17) is 0 Å². The van der Waals surface area contributed by atoms with Crippen LogP contribution in [0.15, 0.2) is 35.3 Å². The van der Waals surface area contributed by atoms with Crippen LogP contribution in [0.2, 0.25) is 0 Å². The molecule has 3 aliphatic heterocycles. The number of amides is 1. The first kappa shape index (κ1) is 19.5. The number of nitrogens with zero attached hydrogens (tertiary/aromatic N) is 4. The highest BCUT2D eigenvalue weighted by Crippen LogP contribution is 2.35. The minimum atomic E-state index is 0.0401. The SMILES string of the molecule is Cc1cc(CN2C[C@@H]3C[C@H](C2)c2ccc(CN4CCNC(=O)C4)c(=O)n2C3)ccn1. The van der Waals surface area contributed by atoms with Crippen molar-refractivity contribution in [3.8, 4) is 0 Å². The van der Waals surface area contributed by atoms with E-state index in [1.54, 1.807) is 0 Å². The van der Waals surface area contributed by atoms with Gasteiger partial charge in [-0.1, -0.05) is 6.07 Å². The van der Waals surface area contributed by atoms with E-state index < -0.39 is 0 Å². The number of fused-ring (bicyclic) bond motifs is 4. The van der Waals surface area contributed by atoms with E-state index in [0.29, 0.717) is 31.5 Å². The zero-order chi connectivity index (χ0) is 20.7. The smallest absolute Gasteiger partial charge is 0.255 e. The van der Waals surface area contributed by atoms with Crippen molar-refractivity contribution >= 4 is 5.91 Å². The van der Waals surface area contributed by atoms with Crippen molar-refractivity contribution in [3.63, 3.8) is 0 Å². The Hall–Kier alpha value is -2.51. The van der Waals surface area contributed by atoms with Gasteiger partial charge in [-0.2, -0.15) is 0 Å². The molecule has 2 bridgehead atoms. The monoisotopic (exact) mass is 407 g/mol. The van der Waals surface area contributed by atoms with E-state index in [9.17, 15) is 9.59 Å². The Kier molecular flexibility index (Phi) is 5.16. The van der Waals surface area contributed by atoms with Crippen LogP contribution < -0.4 is 10.9 Å². The second kappa shape index (κ2) is 7.96. The van der Waals surface area contributed by atoms with Crippen LogP contribution in [0.25, 0.3) is 0 Å². The van der Waals surface area contributed by atoms with Crippen molar-refractivity contribution in [3.05, 3.63) is 63.3 Å². The molecule has 0 unspecified atom stereocenters. The van der Waals surface area contributed by atoms with Crippen molar-refractivity contribution in [1.82, 2.24) is 24.7 Å². The lowest BCUT2D eigenvalue weighted by Gasteiger charge is -2.43. The van der Waals surface area contributed by atoms with Gasteiger partial charge in [-0.15, -0.1) is 0 Å². The molecule has 0 spiro atoms. The minimum Gasteiger partial charge on any atom is -0.354 e. The van der Waals surface area contributed by atoms with Gasteiger partial charge in [0, 0.05) is 74.9 Å². The highest BCUT2D eigenvalue weighted by molar-refractivity contribution is 5.78. The zero-order valence-corrected chi connectivity index (χ0v) is 17.5. The Morgan fingerprint density at radius 3 is 2.83 bits per heavy atom. The summed E-state index contributed by atoms with van der Waals surface area (Å²) in [5.41, 5.74) is 4.47. The second-order valence-electron chi connectivity index (χ2n) is 9.06. The van der Waals surface area contributed by atoms with E-state index in [1.165, 1.54) is 11.3 Å². The topological polar surface area (TPSA) is 70.5 Å². The molecule has 2 aromatic heterocycles. The molecule has 3 aliphatic rings. The molecule has 1 amide bonds. The number of aromatic nitrogens is 2. The van der Waals surface area contributed by atoms with E-state index in [1.807, 2.05) is 23.8 Å². The molecule has 0 saturated carbocycles. The third-order valence-corrected chi connectivity index (χ3v) is 6.64. The van der Waals surface area contributed by atoms with Crippen LogP contribution in [0.1, 0.15) is 34.9 Å². The van der Waals surface area contributed by atoms with E-state index in [2.05, 4.69) is 38.3 Å². The van der Waals surface area contributed by atoms with Gasteiger partial charge in [0.15, 0.2) is 0 Å². The summed E-state index contributed by atoms with van der Waals surface area (Å²) < 4.78 is 2.02. The number of piperazine rings is 1. The second-order valence-corrected chi connectivity index (χ2v) is 9.06. The maximum atomic E-state index is 13.2. The summed E-state index contributed by atoms with van der Waals surface area (Å²) in [7, 11) is 0. The molecule has 0 aromatic carbocycles. The number of rotatable bonds is 4. The van der Waals surface area contributed by atoms with E-state index >= 15 is 0 Å². The summed E-state index contributed by atoms with van der Waals surface area (Å²) in [4.78, 5) is 33.8. The predicted molar refractivity (Wildman–Crippen MR) is 114 cm³/mol. The average Bonchev–Trinajstić information content (AvgIpc) is 2.70. The molecule has 7 heteroatoms. The Bertz CT molecular complexity index is 1020. The molecule has 2 fully saturated rings. The lowest BCUT2D eigenvalue weighted by Crippen LogP contribution is -2.49. The molecular formula is C23H29N5O2. The molecule has 5 heterocycles. The molecule has 2 aromatic rings. The van der Waals surface area contributed by atoms with Crippen molar-refractivity contribution in [2.75, 3.05) is 32.7 Å². The summed E-state index contributed by atoms with van der Waals surface area (Å²) in [6.07, 6.45) is 3.05. The number of hydrogen-bond donors (Lipinski definition) is 1. The fourth-order valence-electron chi connectivity index (χ4n) is 5.37. The number of carbonyl (C=O) groups is 1. The van der Waals surface area contributed by atoms with Gasteiger partial charge >= 0.3 is 0 Å². The lowest BCUT2D eigenvalue weighted by atomic mass is 9.82. The highest BCUT2D eigenvalue weighted by atomic mass is 16.2. The average molecular weight is 408 g/mol. The number of aryl methyl sites for hydroxylation is 1. The van der Waals surface area contributed by atoms with E-state index in [0.717, 1.165) is 50.4 Å². The number of pyridine rings is 2. The van der Waals surface area contributed by atoms with Gasteiger partial charge in [0.05, 0.1) is 6.54 Å². The van der Waals surface area contributed by atoms with Crippen molar-refractivity contribution in [2.24, 2.45) is 5.92 Å². The Morgan fingerprint density at radius 2 is 2.00 bits per heavy atom. The molecule has 30 heavy (non-hydrogen) atoms. The highest BCUT2D eigenvalue weighted by Gasteiger charge is 2.35. The molecule has 5 rings (SSSR count). The first-order valence-corrected chi connectivity index (χ1v) is 10.9. The summed E-state index contributed by atoms with van der Waals surface area (Å²) in [6, 6.07) is 8.41. The van der Waals surface area contributed by atoms with Gasteiger partial charge < -0.3 is 9.88 Å². The number of piperidine rings is 1. The van der Waals surface area contributed by atoms with Gasteiger partial charge in [-0.25, -0.2) is 0 Å². The third-order valence-electron chi connectivity index (χ3n) is 6.64. The molecule has 0 aliphatic carbocycles. The van der Waals surface area contributed by atoms with Crippen molar-refractivity contribution < 1.29 is 4.79 Å². The number of hydrogen-bond acceptors (Lipinski definition) is 5. The molecular weight excluding hydrogens is 378 g/mol. The van der Waals surface area contributed by atoms with Crippen LogP contribution >= 0.6 is 0 Å². The van der Waals surface area contributed by atoms with Gasteiger partial charge in [-0.05, 0) is 43.0 Å². The van der Waals surface area contributed by atoms with E-state index in [-0.39, 0.29) is 11.5 Å². The Labute approximate surface area is 176 Å². The van der Waals surface area contributed by atoms with Crippen LogP contribution in [0.4, 0.5) is 0 Å². The third kappa shape index (κ3) is 3.91. The summed E-state index contributed by atoms with van der Waals surface area (Å²) >= 11 is 0. The lowest BCUT2D eigenvalue weighted by molar-refractivity contribution is -0.124. The van der Waals surface area contributed by atoms with Gasteiger partial charge in [0.1, 0.15) is 0 Å². The van der Waals surface area contributed by atoms with Crippen LogP contribution in [-0.4, -0.2) is 58.0 Å². The number of likely N-dealkylation sites (tertiary alicyclic amines) is 1. The fourth-order valence-corrected chi connectivity index (χ4v) is 5.37. The zero-order valence-electron chi connectivity index (χ0n) is 17.5.